The van der Waals surface area contributed by atoms with Crippen LogP contribution in [0.1, 0.15) is 37.7 Å². The fraction of sp³-hybridized carbons (Fsp3) is 0.440. The Morgan fingerprint density at radius 2 is 1.60 bits per heavy atom. The van der Waals surface area contributed by atoms with E-state index < -0.39 is 0 Å². The minimum Gasteiger partial charge on any atom is -0.356 e. The molecule has 3 heterocycles. The first-order valence-electron chi connectivity index (χ1n) is 11.4. The summed E-state index contributed by atoms with van der Waals surface area (Å²) in [5.74, 6) is 1.88. The van der Waals surface area contributed by atoms with Crippen LogP contribution < -0.4 is 10.2 Å². The first-order chi connectivity index (χ1) is 14.8. The molecular weight excluding hydrogens is 370 g/mol. The molecule has 1 atom stereocenters. The lowest BCUT2D eigenvalue weighted by Gasteiger charge is -2.24. The first kappa shape index (κ1) is 19.3. The van der Waals surface area contributed by atoms with Gasteiger partial charge in [0.15, 0.2) is 0 Å². The SMILES string of the molecule is c1ccc(CN2CCC(Nc3nc(N4CCCCCC4)c4ccccc4n3)C2)cc1. The number of hydrogen-bond donors (Lipinski definition) is 1. The standard InChI is InChI=1S/C25H31N5/c1-2-9-16-30(15-8-1)24-22-12-6-7-13-23(22)27-25(28-24)26-21-14-17-29(19-21)18-20-10-4-3-5-11-20/h3-7,10-13,21H,1-2,8-9,14-19H2,(H,26,27,28). The summed E-state index contributed by atoms with van der Waals surface area (Å²) in [6.07, 6.45) is 6.27. The predicted molar refractivity (Wildman–Crippen MR) is 124 cm³/mol. The van der Waals surface area contributed by atoms with Crippen LogP contribution in [0.3, 0.4) is 0 Å². The second-order valence-corrected chi connectivity index (χ2v) is 8.64. The number of anilines is 2. The Morgan fingerprint density at radius 3 is 2.43 bits per heavy atom. The number of benzene rings is 2. The van der Waals surface area contributed by atoms with Crippen molar-refractivity contribution in [2.24, 2.45) is 0 Å². The van der Waals surface area contributed by atoms with Crippen molar-refractivity contribution in [1.82, 2.24) is 14.9 Å². The molecule has 0 bridgehead atoms. The van der Waals surface area contributed by atoms with E-state index in [9.17, 15) is 0 Å². The van der Waals surface area contributed by atoms with Crippen LogP contribution in [0, 0.1) is 0 Å². The number of fused-ring (bicyclic) bond motifs is 1. The Labute approximate surface area is 179 Å². The number of rotatable bonds is 5. The van der Waals surface area contributed by atoms with Gasteiger partial charge in [0.05, 0.1) is 5.52 Å². The highest BCUT2D eigenvalue weighted by molar-refractivity contribution is 5.90. The van der Waals surface area contributed by atoms with Crippen molar-refractivity contribution in [2.45, 2.75) is 44.7 Å². The number of aromatic nitrogens is 2. The van der Waals surface area contributed by atoms with Crippen molar-refractivity contribution in [3.05, 3.63) is 60.2 Å². The molecule has 3 aromatic rings. The highest BCUT2D eigenvalue weighted by Gasteiger charge is 2.24. The van der Waals surface area contributed by atoms with Crippen LogP contribution in [-0.4, -0.2) is 47.1 Å². The molecule has 1 N–H and O–H groups in total. The maximum Gasteiger partial charge on any atom is 0.225 e. The average Bonchev–Trinajstić information content (AvgIpc) is 3.04. The van der Waals surface area contributed by atoms with Crippen LogP contribution in [0.4, 0.5) is 11.8 Å². The lowest BCUT2D eigenvalue weighted by Crippen LogP contribution is -2.28. The molecule has 0 radical (unpaired) electrons. The minimum atomic E-state index is 0.395. The van der Waals surface area contributed by atoms with E-state index in [2.05, 4.69) is 69.7 Å². The Hall–Kier alpha value is -2.66. The zero-order valence-electron chi connectivity index (χ0n) is 17.6. The third-order valence-electron chi connectivity index (χ3n) is 6.34. The highest BCUT2D eigenvalue weighted by atomic mass is 15.3. The van der Waals surface area contributed by atoms with E-state index in [1.807, 2.05) is 0 Å². The summed E-state index contributed by atoms with van der Waals surface area (Å²) in [5.41, 5.74) is 2.41. The molecule has 2 saturated heterocycles. The van der Waals surface area contributed by atoms with Crippen molar-refractivity contribution < 1.29 is 0 Å². The smallest absolute Gasteiger partial charge is 0.225 e. The zero-order chi connectivity index (χ0) is 20.2. The van der Waals surface area contributed by atoms with E-state index in [0.29, 0.717) is 6.04 Å². The Morgan fingerprint density at radius 1 is 0.833 bits per heavy atom. The molecule has 5 rings (SSSR count). The number of nitrogens with zero attached hydrogens (tertiary/aromatic N) is 4. The summed E-state index contributed by atoms with van der Waals surface area (Å²) in [5, 5.41) is 4.82. The highest BCUT2D eigenvalue weighted by Crippen LogP contribution is 2.28. The molecule has 156 valence electrons. The van der Waals surface area contributed by atoms with Gasteiger partial charge < -0.3 is 10.2 Å². The van der Waals surface area contributed by atoms with Crippen LogP contribution in [0.15, 0.2) is 54.6 Å². The number of hydrogen-bond acceptors (Lipinski definition) is 5. The number of nitrogens with one attached hydrogen (secondary N) is 1. The summed E-state index contributed by atoms with van der Waals surface area (Å²) in [6.45, 7) is 5.34. The van der Waals surface area contributed by atoms with Crippen LogP contribution in [-0.2, 0) is 6.54 Å². The predicted octanol–water partition coefficient (Wildman–Crippen LogP) is 4.70. The normalized spacial score (nSPS) is 20.4. The molecule has 5 heteroatoms. The largest absolute Gasteiger partial charge is 0.356 e. The molecular formula is C25H31N5. The van der Waals surface area contributed by atoms with Gasteiger partial charge in [-0.15, -0.1) is 0 Å². The summed E-state index contributed by atoms with van der Waals surface area (Å²) in [6, 6.07) is 19.6. The van der Waals surface area contributed by atoms with Gasteiger partial charge in [0.25, 0.3) is 0 Å². The van der Waals surface area contributed by atoms with Crippen molar-refractivity contribution in [2.75, 3.05) is 36.4 Å². The Bertz CT molecular complexity index is 966. The van der Waals surface area contributed by atoms with Gasteiger partial charge in [-0.1, -0.05) is 55.3 Å². The molecule has 0 spiro atoms. The molecule has 2 fully saturated rings. The lowest BCUT2D eigenvalue weighted by molar-refractivity contribution is 0.328. The molecule has 5 nitrogen and oxygen atoms in total. The van der Waals surface area contributed by atoms with Gasteiger partial charge in [0, 0.05) is 44.2 Å². The topological polar surface area (TPSA) is 44.3 Å². The summed E-state index contributed by atoms with van der Waals surface area (Å²) < 4.78 is 0. The van der Waals surface area contributed by atoms with E-state index >= 15 is 0 Å². The van der Waals surface area contributed by atoms with Crippen molar-refractivity contribution >= 4 is 22.7 Å². The summed E-state index contributed by atoms with van der Waals surface area (Å²) in [4.78, 5) is 14.9. The molecule has 0 aliphatic carbocycles. The van der Waals surface area contributed by atoms with E-state index in [1.165, 1.54) is 36.6 Å². The average molecular weight is 402 g/mol. The molecule has 1 unspecified atom stereocenters. The molecule has 0 saturated carbocycles. The van der Waals surface area contributed by atoms with Crippen molar-refractivity contribution in [1.29, 1.82) is 0 Å². The molecule has 2 aliphatic rings. The zero-order valence-corrected chi connectivity index (χ0v) is 17.6. The van der Waals surface area contributed by atoms with Gasteiger partial charge in [-0.25, -0.2) is 4.98 Å². The second-order valence-electron chi connectivity index (χ2n) is 8.64. The second kappa shape index (κ2) is 9.00. The fourth-order valence-electron chi connectivity index (χ4n) is 4.77. The van der Waals surface area contributed by atoms with Gasteiger partial charge in [-0.05, 0) is 37.0 Å². The van der Waals surface area contributed by atoms with Crippen molar-refractivity contribution in [3.8, 4) is 0 Å². The van der Waals surface area contributed by atoms with Crippen LogP contribution in [0.5, 0.6) is 0 Å². The number of para-hydroxylation sites is 1. The first-order valence-corrected chi connectivity index (χ1v) is 11.4. The Balaban J connectivity index is 1.33. The van der Waals surface area contributed by atoms with Crippen molar-refractivity contribution in [3.63, 3.8) is 0 Å². The lowest BCUT2D eigenvalue weighted by atomic mass is 10.2. The summed E-state index contributed by atoms with van der Waals surface area (Å²) in [7, 11) is 0. The maximum absolute atomic E-state index is 5.02. The third-order valence-corrected chi connectivity index (χ3v) is 6.34. The molecule has 0 amide bonds. The molecule has 30 heavy (non-hydrogen) atoms. The maximum atomic E-state index is 5.02. The molecule has 2 aromatic carbocycles. The van der Waals surface area contributed by atoms with Crippen LogP contribution >= 0.6 is 0 Å². The molecule has 1 aromatic heterocycles. The van der Waals surface area contributed by atoms with Gasteiger partial charge in [-0.2, -0.15) is 4.98 Å². The van der Waals surface area contributed by atoms with Gasteiger partial charge >= 0.3 is 0 Å². The monoisotopic (exact) mass is 401 g/mol. The molecule has 2 aliphatic heterocycles. The minimum absolute atomic E-state index is 0.395. The number of likely N-dealkylation sites (tertiary alicyclic amines) is 1. The van der Waals surface area contributed by atoms with E-state index in [-0.39, 0.29) is 0 Å². The fourth-order valence-corrected chi connectivity index (χ4v) is 4.77. The van der Waals surface area contributed by atoms with E-state index in [1.54, 1.807) is 0 Å². The quantitative estimate of drug-likeness (QED) is 0.672. The van der Waals surface area contributed by atoms with Gasteiger partial charge in [0.2, 0.25) is 5.95 Å². The van der Waals surface area contributed by atoms with Gasteiger partial charge in [0.1, 0.15) is 5.82 Å². The summed E-state index contributed by atoms with van der Waals surface area (Å²) >= 11 is 0. The van der Waals surface area contributed by atoms with Crippen LogP contribution in [0.2, 0.25) is 0 Å². The Kier molecular flexibility index (Phi) is 5.80. The third kappa shape index (κ3) is 4.41. The van der Waals surface area contributed by atoms with Gasteiger partial charge in [-0.3, -0.25) is 4.90 Å². The van der Waals surface area contributed by atoms with Crippen LogP contribution in [0.25, 0.3) is 10.9 Å². The van der Waals surface area contributed by atoms with E-state index in [0.717, 1.165) is 56.4 Å². The van der Waals surface area contributed by atoms with E-state index in [4.69, 9.17) is 9.97 Å².